The standard InChI is InChI=1S/C16H14N2O2/c1-11-6-7-15(20-2)12(9-11)16-17-13(10-19)14-5-3-4-8-18(14)16/h3-10H,1-2H3. The maximum Gasteiger partial charge on any atom is 0.170 e. The number of imidazole rings is 1. The van der Waals surface area contributed by atoms with E-state index >= 15 is 0 Å². The number of carbonyl (C=O) groups excluding carboxylic acids is 1. The zero-order chi connectivity index (χ0) is 14.1. The molecule has 0 bridgehead atoms. The van der Waals surface area contributed by atoms with E-state index in [1.165, 1.54) is 0 Å². The highest BCUT2D eigenvalue weighted by atomic mass is 16.5. The van der Waals surface area contributed by atoms with Crippen molar-refractivity contribution in [3.8, 4) is 17.1 Å². The van der Waals surface area contributed by atoms with Gasteiger partial charge in [-0.05, 0) is 31.2 Å². The summed E-state index contributed by atoms with van der Waals surface area (Å²) in [6, 6.07) is 11.6. The van der Waals surface area contributed by atoms with Gasteiger partial charge in [-0.2, -0.15) is 0 Å². The van der Waals surface area contributed by atoms with Crippen molar-refractivity contribution in [3.05, 3.63) is 53.9 Å². The van der Waals surface area contributed by atoms with Gasteiger partial charge < -0.3 is 4.74 Å². The van der Waals surface area contributed by atoms with Crippen LogP contribution in [0.25, 0.3) is 16.9 Å². The van der Waals surface area contributed by atoms with Crippen LogP contribution in [-0.2, 0) is 0 Å². The lowest BCUT2D eigenvalue weighted by atomic mass is 10.1. The average Bonchev–Trinajstić information content (AvgIpc) is 2.86. The van der Waals surface area contributed by atoms with Gasteiger partial charge in [-0.15, -0.1) is 0 Å². The first kappa shape index (κ1) is 12.4. The molecule has 0 spiro atoms. The number of methoxy groups -OCH3 is 1. The first-order valence-corrected chi connectivity index (χ1v) is 6.32. The predicted octanol–water partition coefficient (Wildman–Crippen LogP) is 3.13. The van der Waals surface area contributed by atoms with E-state index in [-0.39, 0.29) is 0 Å². The molecule has 0 unspecified atom stereocenters. The fourth-order valence-corrected chi connectivity index (χ4v) is 2.34. The van der Waals surface area contributed by atoms with Crippen LogP contribution in [0.5, 0.6) is 5.75 Å². The highest BCUT2D eigenvalue weighted by Crippen LogP contribution is 2.31. The number of rotatable bonds is 3. The number of hydrogen-bond acceptors (Lipinski definition) is 3. The Morgan fingerprint density at radius 1 is 1.25 bits per heavy atom. The highest BCUT2D eigenvalue weighted by Gasteiger charge is 2.15. The summed E-state index contributed by atoms with van der Waals surface area (Å²) in [7, 11) is 1.63. The zero-order valence-electron chi connectivity index (χ0n) is 11.3. The van der Waals surface area contributed by atoms with Crippen molar-refractivity contribution < 1.29 is 9.53 Å². The van der Waals surface area contributed by atoms with Crippen LogP contribution >= 0.6 is 0 Å². The van der Waals surface area contributed by atoms with Crippen LogP contribution in [0.4, 0.5) is 0 Å². The van der Waals surface area contributed by atoms with Crippen molar-refractivity contribution in [3.63, 3.8) is 0 Å². The number of aldehydes is 1. The summed E-state index contributed by atoms with van der Waals surface area (Å²) in [6.45, 7) is 2.01. The quantitative estimate of drug-likeness (QED) is 0.684. The second-order valence-corrected chi connectivity index (χ2v) is 4.60. The van der Waals surface area contributed by atoms with Crippen LogP contribution in [-0.4, -0.2) is 22.8 Å². The van der Waals surface area contributed by atoms with Crippen LogP contribution in [0.1, 0.15) is 16.1 Å². The summed E-state index contributed by atoms with van der Waals surface area (Å²) in [6.07, 6.45) is 2.67. The summed E-state index contributed by atoms with van der Waals surface area (Å²) >= 11 is 0. The van der Waals surface area contributed by atoms with Crippen molar-refractivity contribution in [2.75, 3.05) is 7.11 Å². The second-order valence-electron chi connectivity index (χ2n) is 4.60. The fraction of sp³-hybridized carbons (Fsp3) is 0.125. The largest absolute Gasteiger partial charge is 0.496 e. The third-order valence-corrected chi connectivity index (χ3v) is 3.28. The van der Waals surface area contributed by atoms with Crippen LogP contribution in [0.3, 0.4) is 0 Å². The molecule has 3 rings (SSSR count). The molecule has 2 heterocycles. The Hall–Kier alpha value is -2.62. The van der Waals surface area contributed by atoms with E-state index in [9.17, 15) is 4.79 Å². The number of aryl methyl sites for hydroxylation is 1. The van der Waals surface area contributed by atoms with Crippen molar-refractivity contribution in [1.29, 1.82) is 0 Å². The SMILES string of the molecule is COc1ccc(C)cc1-c1nc(C=O)c2ccccn12. The molecule has 0 atom stereocenters. The molecular weight excluding hydrogens is 252 g/mol. The molecule has 0 radical (unpaired) electrons. The molecule has 4 nitrogen and oxygen atoms in total. The third kappa shape index (κ3) is 1.86. The number of ether oxygens (including phenoxy) is 1. The van der Waals surface area contributed by atoms with Gasteiger partial charge in [0, 0.05) is 6.20 Å². The molecular formula is C16H14N2O2. The molecule has 0 aliphatic rings. The summed E-state index contributed by atoms with van der Waals surface area (Å²) in [5.74, 6) is 1.45. The van der Waals surface area contributed by atoms with Gasteiger partial charge in [-0.1, -0.05) is 17.7 Å². The minimum Gasteiger partial charge on any atom is -0.496 e. The number of benzene rings is 1. The second kappa shape index (κ2) is 4.81. The molecule has 2 aromatic heterocycles. The minimum atomic E-state index is 0.434. The molecule has 3 aromatic rings. The van der Waals surface area contributed by atoms with E-state index < -0.39 is 0 Å². The van der Waals surface area contributed by atoms with Crippen LogP contribution in [0.2, 0.25) is 0 Å². The number of fused-ring (bicyclic) bond motifs is 1. The molecule has 20 heavy (non-hydrogen) atoms. The number of aromatic nitrogens is 2. The average molecular weight is 266 g/mol. The maximum absolute atomic E-state index is 11.2. The molecule has 4 heteroatoms. The van der Waals surface area contributed by atoms with E-state index in [2.05, 4.69) is 4.98 Å². The van der Waals surface area contributed by atoms with Gasteiger partial charge in [0.1, 0.15) is 17.3 Å². The minimum absolute atomic E-state index is 0.434. The topological polar surface area (TPSA) is 43.6 Å². The van der Waals surface area contributed by atoms with Crippen molar-refractivity contribution >= 4 is 11.8 Å². The smallest absolute Gasteiger partial charge is 0.170 e. The van der Waals surface area contributed by atoms with Crippen LogP contribution in [0, 0.1) is 6.92 Å². The molecule has 0 amide bonds. The molecule has 0 N–H and O–H groups in total. The Morgan fingerprint density at radius 3 is 2.85 bits per heavy atom. The van der Waals surface area contributed by atoms with Gasteiger partial charge in [-0.3, -0.25) is 9.20 Å². The zero-order valence-corrected chi connectivity index (χ0v) is 11.3. The first-order valence-electron chi connectivity index (χ1n) is 6.32. The van der Waals surface area contributed by atoms with E-state index in [0.717, 1.165) is 28.7 Å². The van der Waals surface area contributed by atoms with Gasteiger partial charge in [0.05, 0.1) is 18.2 Å². The summed E-state index contributed by atoms with van der Waals surface area (Å²) in [5, 5.41) is 0. The van der Waals surface area contributed by atoms with Gasteiger partial charge in [0.2, 0.25) is 0 Å². The van der Waals surface area contributed by atoms with Gasteiger partial charge in [0.15, 0.2) is 6.29 Å². The number of nitrogens with zero attached hydrogens (tertiary/aromatic N) is 2. The Balaban J connectivity index is 2.35. The lowest BCUT2D eigenvalue weighted by Gasteiger charge is -2.08. The van der Waals surface area contributed by atoms with E-state index in [4.69, 9.17) is 4.74 Å². The summed E-state index contributed by atoms with van der Waals surface area (Å²) in [4.78, 5) is 15.6. The van der Waals surface area contributed by atoms with Gasteiger partial charge >= 0.3 is 0 Å². The molecule has 0 aliphatic carbocycles. The molecule has 0 fully saturated rings. The van der Waals surface area contributed by atoms with Gasteiger partial charge in [0.25, 0.3) is 0 Å². The monoisotopic (exact) mass is 266 g/mol. The number of pyridine rings is 1. The Morgan fingerprint density at radius 2 is 2.10 bits per heavy atom. The van der Waals surface area contributed by atoms with Crippen molar-refractivity contribution in [2.24, 2.45) is 0 Å². The lowest BCUT2D eigenvalue weighted by Crippen LogP contribution is -1.93. The first-order chi connectivity index (χ1) is 9.74. The van der Waals surface area contributed by atoms with Gasteiger partial charge in [-0.25, -0.2) is 4.98 Å². The predicted molar refractivity (Wildman–Crippen MR) is 77.3 cm³/mol. The van der Waals surface area contributed by atoms with E-state index in [1.54, 1.807) is 7.11 Å². The Labute approximate surface area is 116 Å². The molecule has 100 valence electrons. The number of carbonyl (C=O) groups is 1. The fourth-order valence-electron chi connectivity index (χ4n) is 2.34. The highest BCUT2D eigenvalue weighted by molar-refractivity contribution is 5.86. The summed E-state index contributed by atoms with van der Waals surface area (Å²) in [5.41, 5.74) is 3.22. The number of hydrogen-bond donors (Lipinski definition) is 0. The molecule has 0 saturated carbocycles. The Bertz CT molecular complexity index is 790. The normalized spacial score (nSPS) is 10.7. The maximum atomic E-state index is 11.2. The lowest BCUT2D eigenvalue weighted by molar-refractivity contribution is 0.112. The Kier molecular flexibility index (Phi) is 2.99. The molecule has 0 saturated heterocycles. The molecule has 1 aromatic carbocycles. The van der Waals surface area contributed by atoms with Crippen LogP contribution < -0.4 is 4.74 Å². The van der Waals surface area contributed by atoms with E-state index in [1.807, 2.05) is 53.9 Å². The summed E-state index contributed by atoms with van der Waals surface area (Å²) < 4.78 is 7.31. The third-order valence-electron chi connectivity index (χ3n) is 3.28. The molecule has 0 aliphatic heterocycles. The van der Waals surface area contributed by atoms with Crippen molar-refractivity contribution in [2.45, 2.75) is 6.92 Å². The van der Waals surface area contributed by atoms with Crippen molar-refractivity contribution in [1.82, 2.24) is 9.38 Å². The van der Waals surface area contributed by atoms with E-state index in [0.29, 0.717) is 11.5 Å². The van der Waals surface area contributed by atoms with Crippen LogP contribution in [0.15, 0.2) is 42.6 Å².